The van der Waals surface area contributed by atoms with Crippen LogP contribution in [0.4, 0.5) is 0 Å². The van der Waals surface area contributed by atoms with E-state index in [1.54, 1.807) is 19.9 Å². The lowest BCUT2D eigenvalue weighted by atomic mass is 9.99. The molecule has 5 unspecified atom stereocenters. The molecule has 0 radical (unpaired) electrons. The number of aromatic hydroxyl groups is 1. The molecule has 1 saturated heterocycles. The number of benzene rings is 1. The van der Waals surface area contributed by atoms with Crippen LogP contribution in [0.3, 0.4) is 0 Å². The van der Waals surface area contributed by atoms with Gasteiger partial charge < -0.3 is 44.5 Å². The molecule has 3 rings (SSSR count). The lowest BCUT2D eigenvalue weighted by Gasteiger charge is -2.39. The Morgan fingerprint density at radius 1 is 1.16 bits per heavy atom. The van der Waals surface area contributed by atoms with Crippen LogP contribution in [0, 0.1) is 6.92 Å². The number of phenolic OH excluding ortho intramolecular Hbond substituents is 1. The van der Waals surface area contributed by atoms with Crippen LogP contribution in [0.1, 0.15) is 18.2 Å². The van der Waals surface area contributed by atoms with Gasteiger partial charge in [-0.1, -0.05) is 11.6 Å². The molecule has 2 heterocycles. The van der Waals surface area contributed by atoms with Crippen molar-refractivity contribution in [3.63, 3.8) is 0 Å². The zero-order valence-electron chi connectivity index (χ0n) is 17.1. The second kappa shape index (κ2) is 9.35. The topological polar surface area (TPSA) is 170 Å². The highest BCUT2D eigenvalue weighted by molar-refractivity contribution is 5.88. The van der Waals surface area contributed by atoms with Gasteiger partial charge in [-0.25, -0.2) is 0 Å². The Labute approximate surface area is 177 Å². The molecule has 170 valence electrons. The van der Waals surface area contributed by atoms with Crippen LogP contribution in [0.25, 0.3) is 11.0 Å². The summed E-state index contributed by atoms with van der Waals surface area (Å²) in [6.45, 7) is 2.44. The fourth-order valence-corrected chi connectivity index (χ4v) is 3.39. The monoisotopic (exact) mass is 438 g/mol. The molecule has 1 aromatic heterocycles. The molecule has 0 spiro atoms. The van der Waals surface area contributed by atoms with Crippen molar-refractivity contribution in [1.82, 2.24) is 0 Å². The summed E-state index contributed by atoms with van der Waals surface area (Å²) in [5, 5.41) is 59.3. The van der Waals surface area contributed by atoms with E-state index in [0.29, 0.717) is 16.9 Å². The highest BCUT2D eigenvalue weighted by Crippen LogP contribution is 2.36. The average molecular weight is 438 g/mol. The van der Waals surface area contributed by atoms with Gasteiger partial charge in [0.05, 0.1) is 13.2 Å². The van der Waals surface area contributed by atoms with Gasteiger partial charge in [-0.3, -0.25) is 4.79 Å². The maximum absolute atomic E-state index is 12.4. The van der Waals surface area contributed by atoms with Crippen molar-refractivity contribution in [2.24, 2.45) is 0 Å². The number of fused-ring (bicyclic) bond motifs is 1. The standard InChI is InChI=1S/C21H26O10/c1-9(7-22)3-4-11-14(6-13(25)16-12(24)5-10(2)29-20(11)16)30-21-19(28)18(27)17(26)15(8-23)31-21/h3,5-6,15,17-19,21-23,25-28H,4,7-8H2,1-2H3. The molecule has 2 aromatic rings. The predicted octanol–water partition coefficient (Wildman–Crippen LogP) is -0.533. The summed E-state index contributed by atoms with van der Waals surface area (Å²) < 4.78 is 16.8. The predicted molar refractivity (Wildman–Crippen MR) is 108 cm³/mol. The number of rotatable bonds is 6. The lowest BCUT2D eigenvalue weighted by molar-refractivity contribution is -0.277. The first kappa shape index (κ1) is 23.2. The van der Waals surface area contributed by atoms with E-state index in [2.05, 4.69) is 0 Å². The van der Waals surface area contributed by atoms with Crippen LogP contribution < -0.4 is 10.2 Å². The molecule has 1 aliphatic heterocycles. The Hall–Kier alpha value is -2.47. The van der Waals surface area contributed by atoms with Crippen LogP contribution in [-0.2, 0) is 11.2 Å². The average Bonchev–Trinajstić information content (AvgIpc) is 2.72. The quantitative estimate of drug-likeness (QED) is 0.322. The number of aliphatic hydroxyl groups excluding tert-OH is 5. The van der Waals surface area contributed by atoms with Crippen molar-refractivity contribution in [1.29, 1.82) is 0 Å². The molecular weight excluding hydrogens is 412 g/mol. The van der Waals surface area contributed by atoms with Gasteiger partial charge in [0, 0.05) is 17.7 Å². The van der Waals surface area contributed by atoms with Gasteiger partial charge >= 0.3 is 0 Å². The van der Waals surface area contributed by atoms with Crippen molar-refractivity contribution < 1.29 is 44.5 Å². The minimum Gasteiger partial charge on any atom is -0.507 e. The molecule has 0 saturated carbocycles. The van der Waals surface area contributed by atoms with E-state index in [9.17, 15) is 35.4 Å². The molecule has 6 N–H and O–H groups in total. The maximum Gasteiger partial charge on any atom is 0.229 e. The van der Waals surface area contributed by atoms with E-state index >= 15 is 0 Å². The molecule has 1 aromatic carbocycles. The molecule has 0 bridgehead atoms. The Morgan fingerprint density at radius 2 is 1.87 bits per heavy atom. The number of aryl methyl sites for hydroxylation is 1. The Bertz CT molecular complexity index is 1020. The third-order valence-electron chi connectivity index (χ3n) is 5.16. The Kier molecular flexibility index (Phi) is 6.99. The van der Waals surface area contributed by atoms with Crippen molar-refractivity contribution in [3.8, 4) is 11.5 Å². The molecule has 1 aliphatic rings. The first-order valence-electron chi connectivity index (χ1n) is 9.70. The van der Waals surface area contributed by atoms with Crippen molar-refractivity contribution in [3.05, 3.63) is 45.3 Å². The second-order valence-corrected chi connectivity index (χ2v) is 7.53. The maximum atomic E-state index is 12.4. The Balaban J connectivity index is 2.11. The number of allylic oxidation sites excluding steroid dienone is 1. The van der Waals surface area contributed by atoms with E-state index in [1.807, 2.05) is 0 Å². The van der Waals surface area contributed by atoms with Crippen LogP contribution in [0.5, 0.6) is 11.5 Å². The number of phenols is 1. The van der Waals surface area contributed by atoms with Gasteiger partial charge in [0.15, 0.2) is 5.43 Å². The van der Waals surface area contributed by atoms with Gasteiger partial charge in [-0.15, -0.1) is 0 Å². The number of hydrogen-bond acceptors (Lipinski definition) is 10. The summed E-state index contributed by atoms with van der Waals surface area (Å²) in [4.78, 5) is 12.4. The molecule has 31 heavy (non-hydrogen) atoms. The van der Waals surface area contributed by atoms with Crippen LogP contribution in [0.15, 0.2) is 33.0 Å². The number of hydrogen-bond donors (Lipinski definition) is 6. The van der Waals surface area contributed by atoms with Gasteiger partial charge in [0.25, 0.3) is 0 Å². The summed E-state index contributed by atoms with van der Waals surface area (Å²) in [6, 6.07) is 2.40. The van der Waals surface area contributed by atoms with Gasteiger partial charge in [-0.05, 0) is 20.3 Å². The van der Waals surface area contributed by atoms with E-state index in [-0.39, 0.29) is 29.7 Å². The largest absolute Gasteiger partial charge is 0.507 e. The summed E-state index contributed by atoms with van der Waals surface area (Å²) in [5.41, 5.74) is 0.569. The first-order valence-corrected chi connectivity index (χ1v) is 9.70. The summed E-state index contributed by atoms with van der Waals surface area (Å²) >= 11 is 0. The summed E-state index contributed by atoms with van der Waals surface area (Å²) in [7, 11) is 0. The van der Waals surface area contributed by atoms with Gasteiger partial charge in [0.1, 0.15) is 52.6 Å². The summed E-state index contributed by atoms with van der Waals surface area (Å²) in [6.07, 6.45) is -5.73. The van der Waals surface area contributed by atoms with Crippen molar-refractivity contribution in [2.75, 3.05) is 13.2 Å². The fraction of sp³-hybridized carbons (Fsp3) is 0.476. The fourth-order valence-electron chi connectivity index (χ4n) is 3.39. The molecule has 0 amide bonds. The molecule has 10 heteroatoms. The van der Waals surface area contributed by atoms with Gasteiger partial charge in [0.2, 0.25) is 6.29 Å². The van der Waals surface area contributed by atoms with Gasteiger partial charge in [-0.2, -0.15) is 0 Å². The molecule has 5 atom stereocenters. The van der Waals surface area contributed by atoms with Crippen molar-refractivity contribution >= 4 is 11.0 Å². The van der Waals surface area contributed by atoms with Crippen LogP contribution in [0.2, 0.25) is 0 Å². The van der Waals surface area contributed by atoms with Crippen LogP contribution >= 0.6 is 0 Å². The highest BCUT2D eigenvalue weighted by Gasteiger charge is 2.45. The smallest absolute Gasteiger partial charge is 0.229 e. The highest BCUT2D eigenvalue weighted by atomic mass is 16.7. The third kappa shape index (κ3) is 4.59. The van der Waals surface area contributed by atoms with E-state index in [4.69, 9.17) is 13.9 Å². The van der Waals surface area contributed by atoms with E-state index < -0.39 is 48.5 Å². The second-order valence-electron chi connectivity index (χ2n) is 7.53. The van der Waals surface area contributed by atoms with Crippen LogP contribution in [-0.4, -0.2) is 74.6 Å². The van der Waals surface area contributed by atoms with E-state index in [1.165, 1.54) is 6.07 Å². The SMILES string of the molecule is CC(=CCc1c(OC2OC(CO)C(O)C(O)C2O)cc(O)c2c(=O)cc(C)oc12)CO. The lowest BCUT2D eigenvalue weighted by Crippen LogP contribution is -2.60. The number of ether oxygens (including phenoxy) is 2. The Morgan fingerprint density at radius 3 is 2.52 bits per heavy atom. The molecule has 10 nitrogen and oxygen atoms in total. The molecule has 0 aliphatic carbocycles. The summed E-state index contributed by atoms with van der Waals surface area (Å²) in [5.74, 6) is -0.133. The minimum absolute atomic E-state index is 0.00920. The molecular formula is C21H26O10. The van der Waals surface area contributed by atoms with E-state index in [0.717, 1.165) is 6.07 Å². The zero-order chi connectivity index (χ0) is 22.9. The zero-order valence-corrected chi connectivity index (χ0v) is 17.1. The minimum atomic E-state index is -1.66. The van der Waals surface area contributed by atoms with Crippen molar-refractivity contribution in [2.45, 2.75) is 51.0 Å². The third-order valence-corrected chi connectivity index (χ3v) is 5.16. The first-order chi connectivity index (χ1) is 14.7. The molecule has 1 fully saturated rings. The number of aliphatic hydroxyl groups is 5. The normalized spacial score (nSPS) is 26.9.